The molecule has 8 heteroatoms. The number of anilines is 1. The maximum Gasteiger partial charge on any atom is 0.418 e. The third-order valence-electron chi connectivity index (χ3n) is 5.37. The largest absolute Gasteiger partial charge is 0.418 e. The van der Waals surface area contributed by atoms with Crippen LogP contribution in [0.5, 0.6) is 0 Å². The Morgan fingerprint density at radius 2 is 1.79 bits per heavy atom. The molecular weight excluding hydrogens is 371 g/mol. The summed E-state index contributed by atoms with van der Waals surface area (Å²) in [6.45, 7) is 5.56. The Morgan fingerprint density at radius 3 is 2.36 bits per heavy atom. The van der Waals surface area contributed by atoms with Crippen molar-refractivity contribution in [3.8, 4) is 0 Å². The molecule has 0 unspecified atom stereocenters. The van der Waals surface area contributed by atoms with Crippen LogP contribution in [0.25, 0.3) is 0 Å². The Balaban J connectivity index is 2.01. The lowest BCUT2D eigenvalue weighted by atomic mass is 9.96. The van der Waals surface area contributed by atoms with Gasteiger partial charge in [-0.05, 0) is 59.2 Å². The first-order valence-electron chi connectivity index (χ1n) is 9.50. The highest BCUT2D eigenvalue weighted by atomic mass is 19.4. The molecule has 0 bridgehead atoms. The van der Waals surface area contributed by atoms with E-state index in [2.05, 4.69) is 5.32 Å². The van der Waals surface area contributed by atoms with E-state index in [-0.39, 0.29) is 30.2 Å². The molecule has 1 N–H and O–H groups in total. The van der Waals surface area contributed by atoms with Crippen LogP contribution in [0.3, 0.4) is 0 Å². The van der Waals surface area contributed by atoms with E-state index in [9.17, 15) is 22.8 Å². The lowest BCUT2D eigenvalue weighted by Crippen LogP contribution is -2.54. The topological polar surface area (TPSA) is 52.7 Å². The van der Waals surface area contributed by atoms with Crippen molar-refractivity contribution >= 4 is 17.5 Å². The highest BCUT2D eigenvalue weighted by Gasteiger charge is 2.35. The molecule has 1 aromatic carbocycles. The van der Waals surface area contributed by atoms with Crippen LogP contribution in [0.2, 0.25) is 0 Å². The number of rotatable bonds is 5. The molecule has 156 valence electrons. The Hall–Kier alpha value is -2.09. The van der Waals surface area contributed by atoms with Crippen LogP contribution in [0.1, 0.15) is 45.6 Å². The van der Waals surface area contributed by atoms with Gasteiger partial charge < -0.3 is 10.2 Å². The van der Waals surface area contributed by atoms with Crippen molar-refractivity contribution in [2.24, 2.45) is 0 Å². The van der Waals surface area contributed by atoms with Crippen molar-refractivity contribution in [3.05, 3.63) is 29.8 Å². The van der Waals surface area contributed by atoms with E-state index >= 15 is 0 Å². The third kappa shape index (κ3) is 5.25. The number of piperidine rings is 1. The number of halogens is 3. The SMILES string of the molecule is C[C@H](C(=O)N1[C@H](C)CCC[C@@H]1C)N(C)CC(=O)Nc1ccccc1C(F)(F)F. The minimum Gasteiger partial charge on any atom is -0.336 e. The summed E-state index contributed by atoms with van der Waals surface area (Å²) < 4.78 is 39.2. The molecule has 28 heavy (non-hydrogen) atoms. The predicted molar refractivity (Wildman–Crippen MR) is 102 cm³/mol. The molecule has 0 spiro atoms. The zero-order chi connectivity index (χ0) is 21.1. The summed E-state index contributed by atoms with van der Waals surface area (Å²) in [5, 5.41) is 2.31. The van der Waals surface area contributed by atoms with Gasteiger partial charge in [-0.2, -0.15) is 13.2 Å². The number of hydrogen-bond donors (Lipinski definition) is 1. The number of likely N-dealkylation sites (tertiary alicyclic amines) is 1. The predicted octanol–water partition coefficient (Wildman–Crippen LogP) is 3.75. The summed E-state index contributed by atoms with van der Waals surface area (Å²) in [6, 6.07) is 4.56. The van der Waals surface area contributed by atoms with Crippen molar-refractivity contribution in [2.45, 2.75) is 64.3 Å². The van der Waals surface area contributed by atoms with Gasteiger partial charge in [0.1, 0.15) is 0 Å². The number of nitrogens with one attached hydrogen (secondary N) is 1. The van der Waals surface area contributed by atoms with Crippen LogP contribution in [-0.2, 0) is 15.8 Å². The van der Waals surface area contributed by atoms with Gasteiger partial charge in [0.15, 0.2) is 0 Å². The second-order valence-electron chi connectivity index (χ2n) is 7.56. The van der Waals surface area contributed by atoms with Crippen molar-refractivity contribution in [1.82, 2.24) is 9.80 Å². The number of hydrogen-bond acceptors (Lipinski definition) is 3. The van der Waals surface area contributed by atoms with Crippen LogP contribution >= 0.6 is 0 Å². The molecule has 1 heterocycles. The Kier molecular flexibility index (Phi) is 7.09. The van der Waals surface area contributed by atoms with E-state index in [1.807, 2.05) is 18.7 Å². The lowest BCUT2D eigenvalue weighted by molar-refractivity contribution is -0.142. The molecule has 1 fully saturated rings. The van der Waals surface area contributed by atoms with Gasteiger partial charge in [-0.1, -0.05) is 12.1 Å². The highest BCUT2D eigenvalue weighted by molar-refractivity contribution is 5.93. The molecule has 2 amide bonds. The second kappa shape index (κ2) is 8.94. The molecule has 1 aromatic rings. The molecular formula is C20H28F3N3O2. The van der Waals surface area contributed by atoms with Crippen molar-refractivity contribution in [3.63, 3.8) is 0 Å². The van der Waals surface area contributed by atoms with E-state index in [0.29, 0.717) is 0 Å². The monoisotopic (exact) mass is 399 g/mol. The average Bonchev–Trinajstić information content (AvgIpc) is 2.60. The summed E-state index contributed by atoms with van der Waals surface area (Å²) in [5.41, 5.74) is -1.18. The Labute approximate surface area is 163 Å². The standard InChI is InChI=1S/C20H28F3N3O2/c1-13-8-7-9-14(2)26(13)19(28)15(3)25(4)12-18(27)24-17-11-6-5-10-16(17)20(21,22)23/h5-6,10-11,13-15H,7-9,12H2,1-4H3,(H,24,27)/t13-,14+,15-/m1/s1. The summed E-state index contributed by atoms with van der Waals surface area (Å²) in [4.78, 5) is 28.6. The van der Waals surface area contributed by atoms with Crippen LogP contribution < -0.4 is 5.32 Å². The van der Waals surface area contributed by atoms with Gasteiger partial charge in [-0.25, -0.2) is 0 Å². The fourth-order valence-corrected chi connectivity index (χ4v) is 3.65. The van der Waals surface area contributed by atoms with E-state index in [4.69, 9.17) is 0 Å². The first kappa shape index (κ1) is 22.2. The smallest absolute Gasteiger partial charge is 0.336 e. The number of benzene rings is 1. The van der Waals surface area contributed by atoms with E-state index in [0.717, 1.165) is 25.3 Å². The van der Waals surface area contributed by atoms with Crippen LogP contribution in [0.15, 0.2) is 24.3 Å². The summed E-state index contributed by atoms with van der Waals surface area (Å²) >= 11 is 0. The average molecular weight is 399 g/mol. The number of amides is 2. The van der Waals surface area contributed by atoms with Gasteiger partial charge in [-0.15, -0.1) is 0 Å². The summed E-state index contributed by atoms with van der Waals surface area (Å²) in [6.07, 6.45) is -1.58. The highest BCUT2D eigenvalue weighted by Crippen LogP contribution is 2.34. The maximum absolute atomic E-state index is 13.1. The molecule has 5 nitrogen and oxygen atoms in total. The summed E-state index contributed by atoms with van der Waals surface area (Å²) in [5.74, 6) is -0.663. The number of para-hydroxylation sites is 1. The van der Waals surface area contributed by atoms with Crippen molar-refractivity contribution in [1.29, 1.82) is 0 Å². The molecule has 3 atom stereocenters. The molecule has 0 aromatic heterocycles. The minimum atomic E-state index is -4.56. The molecule has 1 saturated heterocycles. The third-order valence-corrected chi connectivity index (χ3v) is 5.37. The number of carbonyl (C=O) groups is 2. The molecule has 2 rings (SSSR count). The van der Waals surface area contributed by atoms with Crippen LogP contribution in [0, 0.1) is 0 Å². The Morgan fingerprint density at radius 1 is 1.21 bits per heavy atom. The van der Waals surface area contributed by atoms with Gasteiger partial charge in [0.2, 0.25) is 11.8 Å². The molecule has 1 aliphatic heterocycles. The number of likely N-dealkylation sites (N-methyl/N-ethyl adjacent to an activating group) is 1. The minimum absolute atomic E-state index is 0.0642. The number of carbonyl (C=O) groups excluding carboxylic acids is 2. The van der Waals surface area contributed by atoms with E-state index in [1.54, 1.807) is 18.9 Å². The maximum atomic E-state index is 13.1. The summed E-state index contributed by atoms with van der Waals surface area (Å²) in [7, 11) is 1.62. The van der Waals surface area contributed by atoms with Crippen LogP contribution in [-0.4, -0.2) is 53.3 Å². The van der Waals surface area contributed by atoms with Gasteiger partial charge in [0, 0.05) is 12.1 Å². The van der Waals surface area contributed by atoms with Crippen LogP contribution in [0.4, 0.5) is 18.9 Å². The quantitative estimate of drug-likeness (QED) is 0.820. The molecule has 0 aliphatic carbocycles. The van der Waals surface area contributed by atoms with E-state index < -0.39 is 23.7 Å². The van der Waals surface area contributed by atoms with Gasteiger partial charge in [0.25, 0.3) is 0 Å². The Bertz CT molecular complexity index is 698. The fraction of sp³-hybridized carbons (Fsp3) is 0.600. The second-order valence-corrected chi connectivity index (χ2v) is 7.56. The first-order chi connectivity index (χ1) is 13.0. The number of alkyl halides is 3. The van der Waals surface area contributed by atoms with Gasteiger partial charge >= 0.3 is 6.18 Å². The fourth-order valence-electron chi connectivity index (χ4n) is 3.65. The van der Waals surface area contributed by atoms with Gasteiger partial charge in [0.05, 0.1) is 23.8 Å². The molecule has 0 saturated carbocycles. The zero-order valence-electron chi connectivity index (χ0n) is 16.7. The molecule has 0 radical (unpaired) electrons. The van der Waals surface area contributed by atoms with Crippen molar-refractivity contribution in [2.75, 3.05) is 18.9 Å². The van der Waals surface area contributed by atoms with E-state index in [1.165, 1.54) is 18.2 Å². The zero-order valence-corrected chi connectivity index (χ0v) is 16.7. The first-order valence-corrected chi connectivity index (χ1v) is 9.50. The number of nitrogens with zero attached hydrogens (tertiary/aromatic N) is 2. The lowest BCUT2D eigenvalue weighted by Gasteiger charge is -2.41. The molecule has 1 aliphatic rings. The van der Waals surface area contributed by atoms with Gasteiger partial charge in [-0.3, -0.25) is 14.5 Å². The normalized spacial score (nSPS) is 21.5. The van der Waals surface area contributed by atoms with Crippen molar-refractivity contribution < 1.29 is 22.8 Å².